The lowest BCUT2D eigenvalue weighted by Gasteiger charge is -2.17. The van der Waals surface area contributed by atoms with Crippen molar-refractivity contribution in [1.82, 2.24) is 5.32 Å². The van der Waals surface area contributed by atoms with E-state index in [-0.39, 0.29) is 18.4 Å². The van der Waals surface area contributed by atoms with Crippen molar-refractivity contribution < 1.29 is 22.7 Å². The summed E-state index contributed by atoms with van der Waals surface area (Å²) in [5, 5.41) is 2.79. The first-order chi connectivity index (χ1) is 11.7. The van der Waals surface area contributed by atoms with Crippen LogP contribution in [0.25, 0.3) is 0 Å². The zero-order valence-corrected chi connectivity index (χ0v) is 14.3. The Bertz CT molecular complexity index is 757. The number of ether oxygens (including phenoxy) is 1. The Morgan fingerprint density at radius 3 is 2.52 bits per heavy atom. The van der Waals surface area contributed by atoms with E-state index in [9.17, 15) is 18.0 Å². The molecule has 0 heterocycles. The quantitative estimate of drug-likeness (QED) is 0.856. The first-order valence-electron chi connectivity index (χ1n) is 7.83. The maximum absolute atomic E-state index is 12.7. The minimum atomic E-state index is -4.45. The van der Waals surface area contributed by atoms with E-state index >= 15 is 0 Å². The molecule has 2 aromatic carbocycles. The lowest BCUT2D eigenvalue weighted by Crippen LogP contribution is -2.31. The van der Waals surface area contributed by atoms with Gasteiger partial charge in [0, 0.05) is 0 Å². The van der Waals surface area contributed by atoms with Gasteiger partial charge in [-0.3, -0.25) is 4.79 Å². The Balaban J connectivity index is 1.94. The van der Waals surface area contributed by atoms with Crippen molar-refractivity contribution in [3.8, 4) is 5.75 Å². The van der Waals surface area contributed by atoms with Crippen molar-refractivity contribution in [2.24, 2.45) is 0 Å². The van der Waals surface area contributed by atoms with Crippen LogP contribution in [0.1, 0.15) is 35.2 Å². The van der Waals surface area contributed by atoms with E-state index in [1.54, 1.807) is 0 Å². The molecule has 3 nitrogen and oxygen atoms in total. The molecule has 0 aromatic heterocycles. The average Bonchev–Trinajstić information content (AvgIpc) is 2.52. The molecule has 1 amide bonds. The van der Waals surface area contributed by atoms with Crippen LogP contribution in [0.3, 0.4) is 0 Å². The Morgan fingerprint density at radius 1 is 1.16 bits per heavy atom. The lowest BCUT2D eigenvalue weighted by molar-refractivity contribution is -0.137. The number of amides is 1. The fraction of sp³-hybridized carbons (Fsp3) is 0.316. The van der Waals surface area contributed by atoms with E-state index in [0.29, 0.717) is 0 Å². The number of alkyl halides is 3. The highest BCUT2D eigenvalue weighted by Gasteiger charge is 2.30. The molecular formula is C19H20F3NO2. The molecule has 0 spiro atoms. The van der Waals surface area contributed by atoms with Crippen LogP contribution >= 0.6 is 0 Å². The minimum Gasteiger partial charge on any atom is -0.484 e. The zero-order valence-electron chi connectivity index (χ0n) is 14.3. The van der Waals surface area contributed by atoms with Gasteiger partial charge in [0.25, 0.3) is 5.91 Å². The number of hydrogen-bond donors (Lipinski definition) is 1. The summed E-state index contributed by atoms with van der Waals surface area (Å²) in [6.07, 6.45) is -4.45. The fourth-order valence-electron chi connectivity index (χ4n) is 2.58. The molecule has 1 atom stereocenters. The van der Waals surface area contributed by atoms with Gasteiger partial charge >= 0.3 is 6.18 Å². The summed E-state index contributed by atoms with van der Waals surface area (Å²) in [4.78, 5) is 12.0. The topological polar surface area (TPSA) is 38.3 Å². The van der Waals surface area contributed by atoms with Crippen molar-refractivity contribution in [3.05, 3.63) is 64.7 Å². The molecule has 6 heteroatoms. The molecule has 0 aliphatic heterocycles. The molecule has 25 heavy (non-hydrogen) atoms. The number of carbonyl (C=O) groups excluding carboxylic acids is 1. The summed E-state index contributed by atoms with van der Waals surface area (Å²) < 4.78 is 43.2. The van der Waals surface area contributed by atoms with Gasteiger partial charge in [-0.15, -0.1) is 0 Å². The van der Waals surface area contributed by atoms with Crippen LogP contribution in [-0.4, -0.2) is 12.5 Å². The van der Waals surface area contributed by atoms with Crippen LogP contribution in [0.4, 0.5) is 13.2 Å². The van der Waals surface area contributed by atoms with E-state index in [4.69, 9.17) is 4.74 Å². The third-order valence-electron chi connectivity index (χ3n) is 3.80. The predicted molar refractivity (Wildman–Crippen MR) is 89.4 cm³/mol. The summed E-state index contributed by atoms with van der Waals surface area (Å²) >= 11 is 0. The molecule has 0 bridgehead atoms. The number of carbonyl (C=O) groups is 1. The lowest BCUT2D eigenvalue weighted by atomic mass is 10.0. The Kier molecular flexibility index (Phi) is 5.72. The van der Waals surface area contributed by atoms with Crippen molar-refractivity contribution in [2.75, 3.05) is 6.61 Å². The molecule has 0 unspecified atom stereocenters. The Hall–Kier alpha value is -2.50. The van der Waals surface area contributed by atoms with Crippen LogP contribution in [0, 0.1) is 13.8 Å². The Morgan fingerprint density at radius 2 is 1.88 bits per heavy atom. The maximum atomic E-state index is 12.7. The first-order valence-corrected chi connectivity index (χ1v) is 7.83. The monoisotopic (exact) mass is 351 g/mol. The molecule has 0 aliphatic carbocycles. The largest absolute Gasteiger partial charge is 0.484 e. The van der Waals surface area contributed by atoms with Crippen LogP contribution in [0.2, 0.25) is 0 Å². The van der Waals surface area contributed by atoms with Gasteiger partial charge in [-0.2, -0.15) is 13.2 Å². The molecule has 0 saturated heterocycles. The highest BCUT2D eigenvalue weighted by Crippen LogP contribution is 2.31. The van der Waals surface area contributed by atoms with Crippen LogP contribution < -0.4 is 10.1 Å². The van der Waals surface area contributed by atoms with Crippen molar-refractivity contribution >= 4 is 5.91 Å². The van der Waals surface area contributed by atoms with Gasteiger partial charge < -0.3 is 10.1 Å². The van der Waals surface area contributed by atoms with Gasteiger partial charge in [0.2, 0.25) is 0 Å². The highest BCUT2D eigenvalue weighted by molar-refractivity contribution is 5.78. The predicted octanol–water partition coefficient (Wildman–Crippen LogP) is 4.58. The van der Waals surface area contributed by atoms with Gasteiger partial charge in [0.05, 0.1) is 11.6 Å². The van der Waals surface area contributed by atoms with E-state index in [2.05, 4.69) is 5.32 Å². The third kappa shape index (κ3) is 5.24. The second kappa shape index (κ2) is 7.59. The number of aryl methyl sites for hydroxylation is 2. The normalized spacial score (nSPS) is 12.6. The highest BCUT2D eigenvalue weighted by atomic mass is 19.4. The number of nitrogens with one attached hydrogen (secondary N) is 1. The molecule has 0 saturated carbocycles. The number of hydrogen-bond acceptors (Lipinski definition) is 2. The fourth-order valence-corrected chi connectivity index (χ4v) is 2.58. The summed E-state index contributed by atoms with van der Waals surface area (Å²) in [6, 6.07) is 10.2. The minimum absolute atomic E-state index is 0.00384. The van der Waals surface area contributed by atoms with E-state index in [1.807, 2.05) is 39.0 Å². The second-order valence-electron chi connectivity index (χ2n) is 5.96. The van der Waals surface area contributed by atoms with Gasteiger partial charge in [-0.25, -0.2) is 0 Å². The van der Waals surface area contributed by atoms with Gasteiger partial charge in [-0.1, -0.05) is 29.8 Å². The summed E-state index contributed by atoms with van der Waals surface area (Å²) in [6.45, 7) is 5.45. The van der Waals surface area contributed by atoms with Gasteiger partial charge in [0.15, 0.2) is 6.61 Å². The maximum Gasteiger partial charge on any atom is 0.416 e. The SMILES string of the molecule is Cc1ccc([C@@H](C)NC(=O)COc2cccc(C(F)(F)F)c2)c(C)c1. The zero-order chi connectivity index (χ0) is 18.6. The summed E-state index contributed by atoms with van der Waals surface area (Å²) in [7, 11) is 0. The molecule has 2 rings (SSSR count). The first kappa shape index (κ1) is 18.8. The molecule has 0 radical (unpaired) electrons. The van der Waals surface area contributed by atoms with Crippen LogP contribution in [0.5, 0.6) is 5.75 Å². The number of benzene rings is 2. The third-order valence-corrected chi connectivity index (χ3v) is 3.80. The molecule has 0 aliphatic rings. The molecular weight excluding hydrogens is 331 g/mol. The second-order valence-corrected chi connectivity index (χ2v) is 5.96. The smallest absolute Gasteiger partial charge is 0.416 e. The Labute approximate surface area is 144 Å². The summed E-state index contributed by atoms with van der Waals surface area (Å²) in [5.41, 5.74) is 2.37. The van der Waals surface area contributed by atoms with Gasteiger partial charge in [-0.05, 0) is 50.1 Å². The van der Waals surface area contributed by atoms with Crippen LogP contribution in [0.15, 0.2) is 42.5 Å². The van der Waals surface area contributed by atoms with Crippen molar-refractivity contribution in [2.45, 2.75) is 33.0 Å². The number of rotatable bonds is 5. The molecule has 0 fully saturated rings. The van der Waals surface area contributed by atoms with Crippen molar-refractivity contribution in [3.63, 3.8) is 0 Å². The molecule has 2 aromatic rings. The average molecular weight is 351 g/mol. The van der Waals surface area contributed by atoms with Gasteiger partial charge in [0.1, 0.15) is 5.75 Å². The van der Waals surface area contributed by atoms with Crippen molar-refractivity contribution in [1.29, 1.82) is 0 Å². The van der Waals surface area contributed by atoms with Crippen LogP contribution in [-0.2, 0) is 11.0 Å². The van der Waals surface area contributed by atoms with E-state index in [1.165, 1.54) is 12.1 Å². The molecule has 1 N–H and O–H groups in total. The summed E-state index contributed by atoms with van der Waals surface area (Å²) in [5.74, 6) is -0.394. The molecule has 134 valence electrons. The van der Waals surface area contributed by atoms with E-state index in [0.717, 1.165) is 28.8 Å². The van der Waals surface area contributed by atoms with E-state index < -0.39 is 17.6 Å². The number of halogens is 3. The standard InChI is InChI=1S/C19H20F3NO2/c1-12-7-8-17(13(2)9-12)14(3)23-18(24)11-25-16-6-4-5-15(10-16)19(20,21)22/h4-10,14H,11H2,1-3H3,(H,23,24)/t14-/m1/s1.